The van der Waals surface area contributed by atoms with Crippen LogP contribution in [0, 0.1) is 6.92 Å². The number of hydrogen-bond donors (Lipinski definition) is 0. The molecule has 0 bridgehead atoms. The van der Waals surface area contributed by atoms with Gasteiger partial charge in [0.25, 0.3) is 5.91 Å². The molecule has 4 rings (SSSR count). The zero-order valence-corrected chi connectivity index (χ0v) is 17.1. The first-order chi connectivity index (χ1) is 13.4. The average molecular weight is 380 g/mol. The van der Waals surface area contributed by atoms with Gasteiger partial charge < -0.3 is 14.5 Å². The predicted octanol–water partition coefficient (Wildman–Crippen LogP) is 3.41. The van der Waals surface area contributed by atoms with Crippen molar-refractivity contribution in [2.24, 2.45) is 0 Å². The molecule has 1 saturated carbocycles. The first-order valence-corrected chi connectivity index (χ1v) is 9.94. The Morgan fingerprint density at radius 3 is 2.61 bits per heavy atom. The highest BCUT2D eigenvalue weighted by Crippen LogP contribution is 2.38. The maximum absolute atomic E-state index is 13.2. The summed E-state index contributed by atoms with van der Waals surface area (Å²) in [6.45, 7) is 8.28. The summed E-state index contributed by atoms with van der Waals surface area (Å²) in [5.41, 5.74) is 2.25. The number of aromatic nitrogens is 2. The zero-order chi connectivity index (χ0) is 19.9. The van der Waals surface area contributed by atoms with Gasteiger partial charge in [0.05, 0.1) is 29.6 Å². The van der Waals surface area contributed by atoms with Crippen LogP contribution in [0.2, 0.25) is 0 Å². The molecule has 2 aromatic rings. The SMILES string of the molecule is COc1ccccc1N1CCN(C(=O)c2cnc(C3CC3)nc2C)CC1(C)C. The number of para-hydroxylation sites is 2. The zero-order valence-electron chi connectivity index (χ0n) is 17.1. The van der Waals surface area contributed by atoms with Gasteiger partial charge in [-0.3, -0.25) is 4.79 Å². The molecule has 0 atom stereocenters. The van der Waals surface area contributed by atoms with E-state index in [1.165, 1.54) is 0 Å². The molecule has 148 valence electrons. The van der Waals surface area contributed by atoms with E-state index in [9.17, 15) is 4.79 Å². The number of aryl methyl sites for hydroxylation is 1. The van der Waals surface area contributed by atoms with Gasteiger partial charge in [-0.15, -0.1) is 0 Å². The Balaban J connectivity index is 1.53. The summed E-state index contributed by atoms with van der Waals surface area (Å²) in [7, 11) is 1.69. The lowest BCUT2D eigenvalue weighted by atomic mass is 9.96. The lowest BCUT2D eigenvalue weighted by molar-refractivity contribution is 0.0684. The second kappa shape index (κ2) is 7.08. The molecule has 0 radical (unpaired) electrons. The van der Waals surface area contributed by atoms with E-state index in [4.69, 9.17) is 4.74 Å². The van der Waals surface area contributed by atoms with E-state index < -0.39 is 0 Å². The van der Waals surface area contributed by atoms with Gasteiger partial charge in [0.1, 0.15) is 11.6 Å². The second-order valence-electron chi connectivity index (χ2n) is 8.36. The van der Waals surface area contributed by atoms with Gasteiger partial charge in [-0.1, -0.05) is 12.1 Å². The van der Waals surface area contributed by atoms with Crippen molar-refractivity contribution in [3.63, 3.8) is 0 Å². The van der Waals surface area contributed by atoms with Crippen molar-refractivity contribution < 1.29 is 9.53 Å². The lowest BCUT2D eigenvalue weighted by Crippen LogP contribution is -2.60. The molecule has 0 N–H and O–H groups in total. The van der Waals surface area contributed by atoms with Gasteiger partial charge in [-0.25, -0.2) is 9.97 Å². The van der Waals surface area contributed by atoms with E-state index in [0.29, 0.717) is 24.6 Å². The van der Waals surface area contributed by atoms with Crippen LogP contribution in [0.4, 0.5) is 5.69 Å². The Kier molecular flexibility index (Phi) is 4.73. The third-order valence-electron chi connectivity index (χ3n) is 5.74. The van der Waals surface area contributed by atoms with Crippen molar-refractivity contribution in [2.45, 2.75) is 45.1 Å². The van der Waals surface area contributed by atoms with Crippen LogP contribution in [0.3, 0.4) is 0 Å². The third kappa shape index (κ3) is 3.43. The number of hydrogen-bond acceptors (Lipinski definition) is 5. The van der Waals surface area contributed by atoms with Crippen molar-refractivity contribution in [3.05, 3.63) is 47.5 Å². The highest BCUT2D eigenvalue weighted by atomic mass is 16.5. The molecule has 1 aromatic carbocycles. The van der Waals surface area contributed by atoms with E-state index in [1.807, 2.05) is 30.0 Å². The number of carbonyl (C=O) groups excluding carboxylic acids is 1. The second-order valence-corrected chi connectivity index (χ2v) is 8.36. The summed E-state index contributed by atoms with van der Waals surface area (Å²) in [4.78, 5) is 26.5. The Morgan fingerprint density at radius 1 is 1.21 bits per heavy atom. The van der Waals surface area contributed by atoms with Gasteiger partial charge >= 0.3 is 0 Å². The van der Waals surface area contributed by atoms with Crippen LogP contribution in [0.15, 0.2) is 30.5 Å². The molecule has 2 fully saturated rings. The fourth-order valence-electron chi connectivity index (χ4n) is 4.03. The fraction of sp³-hybridized carbons (Fsp3) is 0.500. The average Bonchev–Trinajstić information content (AvgIpc) is 3.52. The third-order valence-corrected chi connectivity index (χ3v) is 5.74. The van der Waals surface area contributed by atoms with Gasteiger partial charge in [0.15, 0.2) is 0 Å². The van der Waals surface area contributed by atoms with Crippen LogP contribution >= 0.6 is 0 Å². The van der Waals surface area contributed by atoms with Crippen LogP contribution in [0.25, 0.3) is 0 Å². The molecule has 1 aromatic heterocycles. The van der Waals surface area contributed by atoms with Gasteiger partial charge in [0, 0.05) is 31.7 Å². The summed E-state index contributed by atoms with van der Waals surface area (Å²) >= 11 is 0. The number of carbonyl (C=O) groups is 1. The summed E-state index contributed by atoms with van der Waals surface area (Å²) in [6, 6.07) is 8.05. The van der Waals surface area contributed by atoms with E-state index in [1.54, 1.807) is 13.3 Å². The molecule has 2 aliphatic rings. The molecule has 0 spiro atoms. The minimum atomic E-state index is -0.217. The van der Waals surface area contributed by atoms with Crippen molar-refractivity contribution in [1.29, 1.82) is 0 Å². The molecular weight excluding hydrogens is 352 g/mol. The monoisotopic (exact) mass is 380 g/mol. The molecule has 2 heterocycles. The lowest BCUT2D eigenvalue weighted by Gasteiger charge is -2.48. The van der Waals surface area contributed by atoms with Crippen LogP contribution in [-0.4, -0.2) is 53.1 Å². The quantitative estimate of drug-likeness (QED) is 0.814. The van der Waals surface area contributed by atoms with Crippen molar-refractivity contribution >= 4 is 11.6 Å². The molecule has 6 nitrogen and oxygen atoms in total. The van der Waals surface area contributed by atoms with E-state index in [-0.39, 0.29) is 11.4 Å². The Hall–Kier alpha value is -2.63. The highest BCUT2D eigenvalue weighted by Gasteiger charge is 2.37. The molecule has 1 amide bonds. The number of ether oxygens (including phenoxy) is 1. The number of anilines is 1. The number of rotatable bonds is 4. The molecule has 1 saturated heterocycles. The number of benzene rings is 1. The summed E-state index contributed by atoms with van der Waals surface area (Å²) in [6.07, 6.45) is 4.04. The maximum atomic E-state index is 13.2. The Morgan fingerprint density at radius 2 is 1.96 bits per heavy atom. The summed E-state index contributed by atoms with van der Waals surface area (Å²) < 4.78 is 5.55. The van der Waals surface area contributed by atoms with E-state index in [2.05, 4.69) is 34.8 Å². The largest absolute Gasteiger partial charge is 0.495 e. The maximum Gasteiger partial charge on any atom is 0.257 e. The van der Waals surface area contributed by atoms with Crippen molar-refractivity contribution in [2.75, 3.05) is 31.6 Å². The number of nitrogens with zero attached hydrogens (tertiary/aromatic N) is 4. The number of amides is 1. The first kappa shape index (κ1) is 18.7. The van der Waals surface area contributed by atoms with E-state index in [0.717, 1.165) is 42.3 Å². The number of methoxy groups -OCH3 is 1. The molecule has 1 aliphatic heterocycles. The van der Waals surface area contributed by atoms with Crippen LogP contribution in [-0.2, 0) is 0 Å². The number of piperazine rings is 1. The van der Waals surface area contributed by atoms with Crippen LogP contribution in [0.1, 0.15) is 54.5 Å². The molecule has 6 heteroatoms. The normalized spacial score (nSPS) is 18.9. The predicted molar refractivity (Wildman–Crippen MR) is 109 cm³/mol. The standard InChI is InChI=1S/C22H28N4O2/c1-15-17(13-23-20(24-15)16-9-10-16)21(27)25-11-12-26(22(2,3)14-25)18-7-5-6-8-19(18)28-4/h5-8,13,16H,9-12,14H2,1-4H3. The molecule has 0 unspecified atom stereocenters. The molecule has 28 heavy (non-hydrogen) atoms. The fourth-order valence-corrected chi connectivity index (χ4v) is 4.03. The van der Waals surface area contributed by atoms with Gasteiger partial charge in [0.2, 0.25) is 0 Å². The minimum absolute atomic E-state index is 0.0209. The van der Waals surface area contributed by atoms with Crippen LogP contribution < -0.4 is 9.64 Å². The summed E-state index contributed by atoms with van der Waals surface area (Å²) in [5, 5.41) is 0. The van der Waals surface area contributed by atoms with E-state index >= 15 is 0 Å². The van der Waals surface area contributed by atoms with Crippen molar-refractivity contribution in [1.82, 2.24) is 14.9 Å². The van der Waals surface area contributed by atoms with Crippen molar-refractivity contribution in [3.8, 4) is 5.75 Å². The smallest absolute Gasteiger partial charge is 0.257 e. The van der Waals surface area contributed by atoms with Gasteiger partial charge in [-0.2, -0.15) is 0 Å². The topological polar surface area (TPSA) is 58.6 Å². The highest BCUT2D eigenvalue weighted by molar-refractivity contribution is 5.95. The van der Waals surface area contributed by atoms with Crippen LogP contribution in [0.5, 0.6) is 5.75 Å². The first-order valence-electron chi connectivity index (χ1n) is 9.94. The van der Waals surface area contributed by atoms with Gasteiger partial charge in [-0.05, 0) is 45.7 Å². The minimum Gasteiger partial charge on any atom is -0.495 e. The molecule has 1 aliphatic carbocycles. The Bertz CT molecular complexity index is 892. The Labute approximate surface area is 166 Å². The summed E-state index contributed by atoms with van der Waals surface area (Å²) in [5.74, 6) is 2.25. The molecular formula is C22H28N4O2.